The highest BCUT2D eigenvalue weighted by atomic mass is 32.2. The van der Waals surface area contributed by atoms with Crippen molar-refractivity contribution >= 4 is 15.9 Å². The van der Waals surface area contributed by atoms with Crippen LogP contribution in [0.1, 0.15) is 44.5 Å². The molecule has 0 N–H and O–H groups in total. The fourth-order valence-corrected chi connectivity index (χ4v) is 6.44. The van der Waals surface area contributed by atoms with Gasteiger partial charge < -0.3 is 4.90 Å². The first-order valence-electron chi connectivity index (χ1n) is 11.2. The van der Waals surface area contributed by atoms with E-state index in [1.54, 1.807) is 33.5 Å². The Morgan fingerprint density at radius 2 is 1.58 bits per heavy atom. The molecule has 3 unspecified atom stereocenters. The van der Waals surface area contributed by atoms with Gasteiger partial charge in [-0.1, -0.05) is 27.7 Å². The van der Waals surface area contributed by atoms with Gasteiger partial charge in [0.05, 0.1) is 11.0 Å². The van der Waals surface area contributed by atoms with Crippen molar-refractivity contribution in [2.75, 3.05) is 39.3 Å². The second-order valence-electron chi connectivity index (χ2n) is 9.44. The first kappa shape index (κ1) is 23.7. The van der Waals surface area contributed by atoms with E-state index in [2.05, 4.69) is 24.8 Å². The first-order valence-corrected chi connectivity index (χ1v) is 12.6. The summed E-state index contributed by atoms with van der Waals surface area (Å²) in [5, 5.41) is 9.39. The second-order valence-corrected chi connectivity index (χ2v) is 11.4. The molecule has 2 heterocycles. The molecule has 2 saturated heterocycles. The normalized spacial score (nSPS) is 24.7. The molecule has 0 spiro atoms. The highest BCUT2D eigenvalue weighted by molar-refractivity contribution is 7.89. The fraction of sp³-hybridized carbons (Fsp3) is 0.652. The number of amides is 1. The highest BCUT2D eigenvalue weighted by Gasteiger charge is 2.32. The quantitative estimate of drug-likeness (QED) is 0.694. The molecule has 7 nitrogen and oxygen atoms in total. The molecule has 3 rings (SSSR count). The summed E-state index contributed by atoms with van der Waals surface area (Å²) in [7, 11) is -3.55. The maximum absolute atomic E-state index is 13.0. The smallest absolute Gasteiger partial charge is 0.253 e. The summed E-state index contributed by atoms with van der Waals surface area (Å²) in [5.74, 6) is 0.832. The molecule has 0 saturated carbocycles. The Labute approximate surface area is 186 Å². The van der Waals surface area contributed by atoms with Crippen LogP contribution in [0.3, 0.4) is 0 Å². The van der Waals surface area contributed by atoms with E-state index in [-0.39, 0.29) is 22.8 Å². The van der Waals surface area contributed by atoms with E-state index < -0.39 is 10.0 Å². The van der Waals surface area contributed by atoms with Crippen LogP contribution in [0.5, 0.6) is 0 Å². The van der Waals surface area contributed by atoms with E-state index >= 15 is 0 Å². The van der Waals surface area contributed by atoms with Crippen LogP contribution in [-0.2, 0) is 10.0 Å². The summed E-state index contributed by atoms with van der Waals surface area (Å²) in [5.41, 5.74) is 0.494. The number of hydrogen-bond donors (Lipinski definition) is 0. The number of nitriles is 1. The lowest BCUT2D eigenvalue weighted by Crippen LogP contribution is -2.52. The molecule has 0 bridgehead atoms. The van der Waals surface area contributed by atoms with Gasteiger partial charge in [0.2, 0.25) is 10.0 Å². The largest absolute Gasteiger partial charge is 0.336 e. The van der Waals surface area contributed by atoms with Crippen LogP contribution in [0.25, 0.3) is 0 Å². The van der Waals surface area contributed by atoms with Crippen molar-refractivity contribution in [3.8, 4) is 6.07 Å². The number of piperidine rings is 1. The molecule has 170 valence electrons. The molecule has 1 aromatic rings. The van der Waals surface area contributed by atoms with Gasteiger partial charge in [-0.3, -0.25) is 9.69 Å². The van der Waals surface area contributed by atoms with E-state index in [0.717, 1.165) is 6.42 Å². The Hall–Kier alpha value is -1.95. The van der Waals surface area contributed by atoms with Gasteiger partial charge in [-0.2, -0.15) is 9.57 Å². The van der Waals surface area contributed by atoms with Crippen LogP contribution in [0, 0.1) is 29.1 Å². The number of carbonyl (C=O) groups is 1. The molecular weight excluding hydrogens is 412 g/mol. The number of benzene rings is 1. The Balaban J connectivity index is 1.65. The molecule has 3 atom stereocenters. The lowest BCUT2D eigenvalue weighted by molar-refractivity contribution is 0.0576. The zero-order valence-electron chi connectivity index (χ0n) is 19.0. The topological polar surface area (TPSA) is 84.7 Å². The van der Waals surface area contributed by atoms with Crippen molar-refractivity contribution in [2.45, 2.75) is 45.1 Å². The molecule has 2 fully saturated rings. The Morgan fingerprint density at radius 1 is 1.03 bits per heavy atom. The van der Waals surface area contributed by atoms with Gasteiger partial charge in [-0.15, -0.1) is 0 Å². The van der Waals surface area contributed by atoms with Gasteiger partial charge >= 0.3 is 0 Å². The summed E-state index contributed by atoms with van der Waals surface area (Å²) >= 11 is 0. The third-order valence-corrected chi connectivity index (χ3v) is 8.18. The maximum atomic E-state index is 13.0. The van der Waals surface area contributed by atoms with Crippen molar-refractivity contribution < 1.29 is 13.2 Å². The maximum Gasteiger partial charge on any atom is 0.253 e. The van der Waals surface area contributed by atoms with Crippen LogP contribution in [0.4, 0.5) is 0 Å². The van der Waals surface area contributed by atoms with Gasteiger partial charge in [0.25, 0.3) is 5.91 Å². The fourth-order valence-electron chi connectivity index (χ4n) is 4.76. The third kappa shape index (κ3) is 5.28. The van der Waals surface area contributed by atoms with Crippen molar-refractivity contribution in [3.05, 3.63) is 29.8 Å². The van der Waals surface area contributed by atoms with E-state index in [4.69, 9.17) is 0 Å². The van der Waals surface area contributed by atoms with Crippen LogP contribution in [0.2, 0.25) is 0 Å². The van der Waals surface area contributed by atoms with E-state index in [1.165, 1.54) is 0 Å². The number of nitrogens with zero attached hydrogens (tertiary/aromatic N) is 4. The average Bonchev–Trinajstić information content (AvgIpc) is 2.73. The molecular formula is C23H34N4O3S. The van der Waals surface area contributed by atoms with E-state index in [9.17, 15) is 18.5 Å². The molecule has 31 heavy (non-hydrogen) atoms. The highest BCUT2D eigenvalue weighted by Crippen LogP contribution is 2.27. The van der Waals surface area contributed by atoms with Crippen molar-refractivity contribution in [3.63, 3.8) is 0 Å². The van der Waals surface area contributed by atoms with E-state index in [0.29, 0.717) is 56.7 Å². The summed E-state index contributed by atoms with van der Waals surface area (Å²) in [6.07, 6.45) is 1.04. The van der Waals surface area contributed by atoms with Gasteiger partial charge in [-0.25, -0.2) is 8.42 Å². The predicted molar refractivity (Wildman–Crippen MR) is 120 cm³/mol. The molecule has 0 aliphatic carbocycles. The lowest BCUT2D eigenvalue weighted by atomic mass is 9.94. The number of sulfonamides is 1. The summed E-state index contributed by atoms with van der Waals surface area (Å²) in [6.45, 7) is 11.8. The van der Waals surface area contributed by atoms with Gasteiger partial charge in [0, 0.05) is 44.8 Å². The molecule has 0 radical (unpaired) electrons. The van der Waals surface area contributed by atoms with Crippen molar-refractivity contribution in [1.82, 2.24) is 14.1 Å². The summed E-state index contributed by atoms with van der Waals surface area (Å²) < 4.78 is 27.7. The average molecular weight is 447 g/mol. The SMILES string of the molecule is CC1CC(C)CN(S(=O)(=O)c2ccc(C(=O)N3CCN(C(C#N)C(C)C)CC3)cc2)C1. The summed E-state index contributed by atoms with van der Waals surface area (Å²) in [4.78, 5) is 17.1. The van der Waals surface area contributed by atoms with Crippen LogP contribution in [0.15, 0.2) is 29.2 Å². The number of rotatable bonds is 5. The van der Waals surface area contributed by atoms with Crippen LogP contribution < -0.4 is 0 Å². The predicted octanol–water partition coefficient (Wildman–Crippen LogP) is 2.66. The van der Waals surface area contributed by atoms with Crippen molar-refractivity contribution in [1.29, 1.82) is 5.26 Å². The number of carbonyl (C=O) groups excluding carboxylic acids is 1. The lowest BCUT2D eigenvalue weighted by Gasteiger charge is -2.38. The molecule has 2 aliphatic rings. The van der Waals surface area contributed by atoms with Gasteiger partial charge in [0.15, 0.2) is 0 Å². The van der Waals surface area contributed by atoms with E-state index in [1.807, 2.05) is 13.8 Å². The number of hydrogen-bond acceptors (Lipinski definition) is 5. The monoisotopic (exact) mass is 446 g/mol. The number of piperazine rings is 1. The molecule has 0 aromatic heterocycles. The Kier molecular flexibility index (Phi) is 7.40. The minimum Gasteiger partial charge on any atom is -0.336 e. The van der Waals surface area contributed by atoms with Gasteiger partial charge in [-0.05, 0) is 48.4 Å². The van der Waals surface area contributed by atoms with Gasteiger partial charge in [0.1, 0.15) is 6.04 Å². The molecule has 8 heteroatoms. The Morgan fingerprint density at radius 3 is 2.06 bits per heavy atom. The Bertz CT molecular complexity index is 905. The molecule has 2 aliphatic heterocycles. The first-order chi connectivity index (χ1) is 14.6. The minimum atomic E-state index is -3.55. The third-order valence-electron chi connectivity index (χ3n) is 6.33. The molecule has 1 amide bonds. The second kappa shape index (κ2) is 9.68. The van der Waals surface area contributed by atoms with Crippen molar-refractivity contribution in [2.24, 2.45) is 17.8 Å². The minimum absolute atomic E-state index is 0.0955. The zero-order chi connectivity index (χ0) is 22.8. The molecule has 1 aromatic carbocycles. The van der Waals surface area contributed by atoms with Crippen LogP contribution in [-0.4, -0.2) is 73.7 Å². The zero-order valence-corrected chi connectivity index (χ0v) is 19.8. The standard InChI is InChI=1S/C23H34N4O3S/c1-17(2)22(14-24)25-9-11-26(12-10-25)23(28)20-5-7-21(8-6-20)31(29,30)27-15-18(3)13-19(4)16-27/h5-8,17-19,22H,9-13,15-16H2,1-4H3. The summed E-state index contributed by atoms with van der Waals surface area (Å²) in [6, 6.07) is 8.55. The van der Waals surface area contributed by atoms with Crippen LogP contribution >= 0.6 is 0 Å².